The lowest BCUT2D eigenvalue weighted by Crippen LogP contribution is -2.43. The van der Waals surface area contributed by atoms with E-state index < -0.39 is 0 Å². The molecule has 1 amide bonds. The van der Waals surface area contributed by atoms with Gasteiger partial charge in [-0.25, -0.2) is 0 Å². The van der Waals surface area contributed by atoms with E-state index in [9.17, 15) is 4.79 Å². The van der Waals surface area contributed by atoms with E-state index in [1.54, 1.807) is 0 Å². The molecule has 0 aliphatic rings. The molecule has 1 rings (SSSR count). The summed E-state index contributed by atoms with van der Waals surface area (Å²) in [5, 5.41) is 2.82. The Balaban J connectivity index is 2.80. The normalized spacial score (nSPS) is 12.0. The average molecular weight is 235 g/mol. The van der Waals surface area contributed by atoms with Gasteiger partial charge >= 0.3 is 0 Å². The second-order valence-electron chi connectivity index (χ2n) is 4.06. The van der Waals surface area contributed by atoms with Crippen molar-refractivity contribution >= 4 is 11.6 Å². The van der Waals surface area contributed by atoms with Crippen LogP contribution in [0.2, 0.25) is 0 Å². The number of carbonyl (C=O) groups is 1. The second-order valence-corrected chi connectivity index (χ2v) is 4.06. The van der Waals surface area contributed by atoms with Crippen molar-refractivity contribution in [3.8, 4) is 0 Å². The molecule has 94 valence electrons. The molecule has 0 aromatic heterocycles. The smallest absolute Gasteiger partial charge is 0.242 e. The number of anilines is 1. The maximum Gasteiger partial charge on any atom is 0.242 e. The lowest BCUT2D eigenvalue weighted by Gasteiger charge is -2.26. The number of hydrogen-bond acceptors (Lipinski definition) is 3. The van der Waals surface area contributed by atoms with Gasteiger partial charge in [-0.3, -0.25) is 4.79 Å². The number of amides is 1. The Morgan fingerprint density at radius 3 is 2.82 bits per heavy atom. The van der Waals surface area contributed by atoms with Crippen molar-refractivity contribution in [2.24, 2.45) is 5.73 Å². The van der Waals surface area contributed by atoms with Gasteiger partial charge in [0.05, 0.1) is 0 Å². The molecule has 0 aliphatic carbocycles. The third-order valence-electron chi connectivity index (χ3n) is 2.86. The lowest BCUT2D eigenvalue weighted by molar-refractivity contribution is -0.121. The highest BCUT2D eigenvalue weighted by Crippen LogP contribution is 2.16. The average Bonchev–Trinajstić information content (AvgIpc) is 2.37. The first-order chi connectivity index (χ1) is 8.10. The first-order valence-electron chi connectivity index (χ1n) is 5.89. The number of rotatable bonds is 5. The maximum atomic E-state index is 11.7. The molecule has 0 aliphatic heterocycles. The van der Waals surface area contributed by atoms with Crippen LogP contribution in [0.1, 0.15) is 19.4 Å². The molecule has 0 bridgehead atoms. The van der Waals surface area contributed by atoms with Gasteiger partial charge in [0.15, 0.2) is 0 Å². The molecule has 0 spiro atoms. The number of carbonyl (C=O) groups excluding carboxylic acids is 1. The van der Waals surface area contributed by atoms with Gasteiger partial charge in [-0.1, -0.05) is 12.1 Å². The molecule has 17 heavy (non-hydrogen) atoms. The van der Waals surface area contributed by atoms with Gasteiger partial charge in [-0.15, -0.1) is 0 Å². The van der Waals surface area contributed by atoms with Crippen LogP contribution in [0, 0.1) is 0 Å². The summed E-state index contributed by atoms with van der Waals surface area (Å²) in [6, 6.07) is 7.74. The van der Waals surface area contributed by atoms with E-state index in [0.29, 0.717) is 13.1 Å². The van der Waals surface area contributed by atoms with Crippen LogP contribution in [0.25, 0.3) is 0 Å². The Bertz CT molecular complexity index is 379. The van der Waals surface area contributed by atoms with Crippen molar-refractivity contribution < 1.29 is 4.79 Å². The van der Waals surface area contributed by atoms with Crippen molar-refractivity contribution in [1.82, 2.24) is 5.32 Å². The van der Waals surface area contributed by atoms with Crippen LogP contribution in [0.4, 0.5) is 5.69 Å². The Kier molecular flexibility index (Phi) is 4.97. The highest BCUT2D eigenvalue weighted by Gasteiger charge is 2.17. The Morgan fingerprint density at radius 1 is 1.53 bits per heavy atom. The minimum atomic E-state index is -0.192. The van der Waals surface area contributed by atoms with Crippen molar-refractivity contribution in [2.75, 3.05) is 18.5 Å². The van der Waals surface area contributed by atoms with E-state index in [2.05, 4.69) is 5.32 Å². The SMILES string of the molecule is CCNC(=O)C(C)N(C)c1cccc(CN)c1. The molecule has 4 heteroatoms. The summed E-state index contributed by atoms with van der Waals surface area (Å²) < 4.78 is 0. The van der Waals surface area contributed by atoms with Crippen molar-refractivity contribution in [3.05, 3.63) is 29.8 Å². The summed E-state index contributed by atoms with van der Waals surface area (Å²) in [6.07, 6.45) is 0. The monoisotopic (exact) mass is 235 g/mol. The van der Waals surface area contributed by atoms with E-state index >= 15 is 0 Å². The summed E-state index contributed by atoms with van der Waals surface area (Å²) in [5.74, 6) is 0.0353. The summed E-state index contributed by atoms with van der Waals surface area (Å²) >= 11 is 0. The quantitative estimate of drug-likeness (QED) is 0.803. The molecule has 3 N–H and O–H groups in total. The van der Waals surface area contributed by atoms with Gasteiger partial charge in [0, 0.05) is 25.8 Å². The topological polar surface area (TPSA) is 58.4 Å². The predicted molar refractivity (Wildman–Crippen MR) is 70.9 cm³/mol. The number of nitrogens with one attached hydrogen (secondary N) is 1. The third kappa shape index (κ3) is 3.46. The van der Waals surface area contributed by atoms with Gasteiger partial charge in [-0.05, 0) is 31.5 Å². The zero-order valence-electron chi connectivity index (χ0n) is 10.7. The van der Waals surface area contributed by atoms with Gasteiger partial charge in [0.2, 0.25) is 5.91 Å². The minimum Gasteiger partial charge on any atom is -0.363 e. The van der Waals surface area contributed by atoms with E-state index in [-0.39, 0.29) is 11.9 Å². The van der Waals surface area contributed by atoms with Crippen LogP contribution in [0.3, 0.4) is 0 Å². The Morgan fingerprint density at radius 2 is 2.24 bits per heavy atom. The zero-order chi connectivity index (χ0) is 12.8. The van der Waals surface area contributed by atoms with Crippen LogP contribution < -0.4 is 16.0 Å². The summed E-state index contributed by atoms with van der Waals surface area (Å²) in [6.45, 7) is 4.97. The fourth-order valence-electron chi connectivity index (χ4n) is 1.62. The van der Waals surface area contributed by atoms with Crippen molar-refractivity contribution in [2.45, 2.75) is 26.4 Å². The molecule has 0 heterocycles. The maximum absolute atomic E-state index is 11.7. The number of nitrogens with zero attached hydrogens (tertiary/aromatic N) is 1. The highest BCUT2D eigenvalue weighted by atomic mass is 16.2. The number of likely N-dealkylation sites (N-methyl/N-ethyl adjacent to an activating group) is 2. The predicted octanol–water partition coefficient (Wildman–Crippen LogP) is 1.11. The molecule has 1 aromatic carbocycles. The largest absolute Gasteiger partial charge is 0.363 e. The van der Waals surface area contributed by atoms with Crippen LogP contribution in [0.15, 0.2) is 24.3 Å². The molecular formula is C13H21N3O. The van der Waals surface area contributed by atoms with Gasteiger partial charge < -0.3 is 16.0 Å². The molecule has 4 nitrogen and oxygen atoms in total. The third-order valence-corrected chi connectivity index (χ3v) is 2.86. The fraction of sp³-hybridized carbons (Fsp3) is 0.462. The molecule has 0 saturated heterocycles. The minimum absolute atomic E-state index is 0.0353. The van der Waals surface area contributed by atoms with Gasteiger partial charge in [-0.2, -0.15) is 0 Å². The first kappa shape index (κ1) is 13.5. The molecule has 0 fully saturated rings. The van der Waals surface area contributed by atoms with E-state index in [1.807, 2.05) is 50.1 Å². The Labute approximate surface area is 103 Å². The second kappa shape index (κ2) is 6.25. The van der Waals surface area contributed by atoms with Gasteiger partial charge in [0.1, 0.15) is 6.04 Å². The standard InChI is InChI=1S/C13H21N3O/c1-4-15-13(17)10(2)16(3)12-7-5-6-11(8-12)9-14/h5-8,10H,4,9,14H2,1-3H3,(H,15,17). The summed E-state index contributed by atoms with van der Waals surface area (Å²) in [4.78, 5) is 13.7. The first-order valence-corrected chi connectivity index (χ1v) is 5.89. The van der Waals surface area contributed by atoms with Crippen LogP contribution in [-0.4, -0.2) is 25.5 Å². The molecule has 1 atom stereocenters. The fourth-order valence-corrected chi connectivity index (χ4v) is 1.62. The number of hydrogen-bond donors (Lipinski definition) is 2. The molecule has 0 saturated carbocycles. The van der Waals surface area contributed by atoms with E-state index in [0.717, 1.165) is 11.3 Å². The van der Waals surface area contributed by atoms with E-state index in [1.165, 1.54) is 0 Å². The highest BCUT2D eigenvalue weighted by molar-refractivity contribution is 5.84. The zero-order valence-corrected chi connectivity index (χ0v) is 10.7. The summed E-state index contributed by atoms with van der Waals surface area (Å²) in [7, 11) is 1.91. The van der Waals surface area contributed by atoms with Gasteiger partial charge in [0.25, 0.3) is 0 Å². The van der Waals surface area contributed by atoms with Crippen LogP contribution in [0.5, 0.6) is 0 Å². The van der Waals surface area contributed by atoms with Crippen molar-refractivity contribution in [3.63, 3.8) is 0 Å². The van der Waals surface area contributed by atoms with E-state index in [4.69, 9.17) is 5.73 Å². The Hall–Kier alpha value is -1.55. The molecule has 0 radical (unpaired) electrons. The summed E-state index contributed by atoms with van der Waals surface area (Å²) in [5.41, 5.74) is 7.68. The molecular weight excluding hydrogens is 214 g/mol. The van der Waals surface area contributed by atoms with Crippen LogP contribution in [-0.2, 0) is 11.3 Å². The van der Waals surface area contributed by atoms with Crippen LogP contribution >= 0.6 is 0 Å². The van der Waals surface area contributed by atoms with Crippen molar-refractivity contribution in [1.29, 1.82) is 0 Å². The molecule has 1 unspecified atom stereocenters. The number of benzene rings is 1. The lowest BCUT2D eigenvalue weighted by atomic mass is 10.1. The number of nitrogens with two attached hydrogens (primary N) is 1. The molecule has 1 aromatic rings.